The number of hydrogen-bond donors (Lipinski definition) is 2. The highest BCUT2D eigenvalue weighted by Gasteiger charge is 2.28. The number of H-pyrrole nitrogens is 1. The lowest BCUT2D eigenvalue weighted by Gasteiger charge is -2.27. The SMILES string of the molecule is CNCC1CCCN1C(=O)CN(C)c1ncnc2nc[nH]c12. The number of imidazole rings is 1. The van der Waals surface area contributed by atoms with E-state index in [1.165, 1.54) is 6.33 Å². The summed E-state index contributed by atoms with van der Waals surface area (Å²) in [6.45, 7) is 1.97. The van der Waals surface area contributed by atoms with E-state index in [1.54, 1.807) is 6.33 Å². The Hall–Kier alpha value is -2.22. The third-order valence-corrected chi connectivity index (χ3v) is 4.07. The van der Waals surface area contributed by atoms with Gasteiger partial charge in [-0.05, 0) is 19.9 Å². The van der Waals surface area contributed by atoms with Crippen LogP contribution in [0.2, 0.25) is 0 Å². The Balaban J connectivity index is 1.72. The van der Waals surface area contributed by atoms with Crippen LogP contribution in [-0.2, 0) is 4.79 Å². The number of carbonyl (C=O) groups excluding carboxylic acids is 1. The maximum absolute atomic E-state index is 12.6. The Morgan fingerprint density at radius 2 is 2.36 bits per heavy atom. The van der Waals surface area contributed by atoms with Crippen molar-refractivity contribution in [3.63, 3.8) is 0 Å². The monoisotopic (exact) mass is 303 g/mol. The average molecular weight is 303 g/mol. The highest BCUT2D eigenvalue weighted by Crippen LogP contribution is 2.20. The summed E-state index contributed by atoms with van der Waals surface area (Å²) in [5.41, 5.74) is 1.37. The summed E-state index contributed by atoms with van der Waals surface area (Å²) < 4.78 is 0. The molecule has 8 nitrogen and oxygen atoms in total. The number of nitrogens with one attached hydrogen (secondary N) is 2. The van der Waals surface area contributed by atoms with Crippen molar-refractivity contribution in [2.75, 3.05) is 38.6 Å². The minimum atomic E-state index is 0.131. The van der Waals surface area contributed by atoms with E-state index < -0.39 is 0 Å². The van der Waals surface area contributed by atoms with Crippen molar-refractivity contribution in [2.45, 2.75) is 18.9 Å². The molecule has 2 aromatic heterocycles. The van der Waals surface area contributed by atoms with Crippen LogP contribution in [0.4, 0.5) is 5.82 Å². The number of anilines is 1. The predicted molar refractivity (Wildman–Crippen MR) is 83.6 cm³/mol. The van der Waals surface area contributed by atoms with Gasteiger partial charge in [0.25, 0.3) is 0 Å². The summed E-state index contributed by atoms with van der Waals surface area (Å²) in [4.78, 5) is 31.9. The van der Waals surface area contributed by atoms with E-state index in [1.807, 2.05) is 23.9 Å². The van der Waals surface area contributed by atoms with E-state index in [9.17, 15) is 4.79 Å². The fourth-order valence-corrected chi connectivity index (χ4v) is 3.02. The molecule has 1 aliphatic heterocycles. The van der Waals surface area contributed by atoms with Gasteiger partial charge in [-0.25, -0.2) is 15.0 Å². The average Bonchev–Trinajstić information content (AvgIpc) is 3.15. The second-order valence-electron chi connectivity index (χ2n) is 5.60. The van der Waals surface area contributed by atoms with E-state index in [4.69, 9.17) is 0 Å². The molecule has 0 spiro atoms. The molecule has 0 aromatic carbocycles. The zero-order valence-corrected chi connectivity index (χ0v) is 12.9. The van der Waals surface area contributed by atoms with Gasteiger partial charge in [-0.15, -0.1) is 0 Å². The fourth-order valence-electron chi connectivity index (χ4n) is 3.02. The highest BCUT2D eigenvalue weighted by molar-refractivity contribution is 5.87. The molecule has 3 rings (SSSR count). The molecule has 0 radical (unpaired) electrons. The van der Waals surface area contributed by atoms with Crippen molar-refractivity contribution >= 4 is 22.9 Å². The molecule has 3 heterocycles. The van der Waals surface area contributed by atoms with Crippen molar-refractivity contribution in [1.82, 2.24) is 30.2 Å². The normalized spacial score (nSPS) is 18.1. The molecular weight excluding hydrogens is 282 g/mol. The van der Waals surface area contributed by atoms with Crippen molar-refractivity contribution < 1.29 is 4.79 Å². The van der Waals surface area contributed by atoms with Crippen LogP contribution in [0.15, 0.2) is 12.7 Å². The third kappa shape index (κ3) is 2.74. The third-order valence-electron chi connectivity index (χ3n) is 4.07. The Bertz CT molecular complexity index is 655. The number of fused-ring (bicyclic) bond motifs is 1. The van der Waals surface area contributed by atoms with Crippen molar-refractivity contribution in [2.24, 2.45) is 0 Å². The van der Waals surface area contributed by atoms with Gasteiger partial charge in [0.2, 0.25) is 5.91 Å². The maximum Gasteiger partial charge on any atom is 0.242 e. The number of aromatic nitrogens is 4. The second kappa shape index (κ2) is 6.27. The number of carbonyl (C=O) groups is 1. The Morgan fingerprint density at radius 3 is 3.18 bits per heavy atom. The van der Waals surface area contributed by atoms with Crippen LogP contribution in [0.1, 0.15) is 12.8 Å². The quantitative estimate of drug-likeness (QED) is 0.808. The number of rotatable bonds is 5. The van der Waals surface area contributed by atoms with E-state index in [0.717, 1.165) is 31.4 Å². The van der Waals surface area contributed by atoms with Crippen LogP contribution in [0, 0.1) is 0 Å². The molecular formula is C14H21N7O. The molecule has 0 saturated carbocycles. The van der Waals surface area contributed by atoms with Gasteiger partial charge < -0.3 is 20.1 Å². The van der Waals surface area contributed by atoms with Crippen LogP contribution >= 0.6 is 0 Å². The van der Waals surface area contributed by atoms with E-state index in [2.05, 4.69) is 25.3 Å². The molecule has 2 N–H and O–H groups in total. The van der Waals surface area contributed by atoms with E-state index in [-0.39, 0.29) is 5.91 Å². The van der Waals surface area contributed by atoms with Gasteiger partial charge in [0.15, 0.2) is 11.5 Å². The summed E-state index contributed by atoms with van der Waals surface area (Å²) in [7, 11) is 3.78. The Morgan fingerprint density at radius 1 is 1.50 bits per heavy atom. The number of hydrogen-bond acceptors (Lipinski definition) is 6. The summed E-state index contributed by atoms with van der Waals surface area (Å²) in [5, 5.41) is 3.16. The Labute approximate surface area is 128 Å². The molecule has 1 aliphatic rings. The number of nitrogens with zero attached hydrogens (tertiary/aromatic N) is 5. The first-order chi connectivity index (χ1) is 10.7. The van der Waals surface area contributed by atoms with Gasteiger partial charge in [0.05, 0.1) is 12.9 Å². The molecule has 1 amide bonds. The van der Waals surface area contributed by atoms with Crippen molar-refractivity contribution in [3.05, 3.63) is 12.7 Å². The topological polar surface area (TPSA) is 90.0 Å². The molecule has 22 heavy (non-hydrogen) atoms. The van der Waals surface area contributed by atoms with Crippen molar-refractivity contribution in [1.29, 1.82) is 0 Å². The van der Waals surface area contributed by atoms with Crippen LogP contribution in [0.5, 0.6) is 0 Å². The predicted octanol–water partition coefficient (Wildman–Crippen LogP) is -0.000500. The van der Waals surface area contributed by atoms with Gasteiger partial charge in [0.1, 0.15) is 11.8 Å². The molecule has 0 aliphatic carbocycles. The highest BCUT2D eigenvalue weighted by atomic mass is 16.2. The molecule has 8 heteroatoms. The maximum atomic E-state index is 12.6. The van der Waals surface area contributed by atoms with Gasteiger partial charge >= 0.3 is 0 Å². The van der Waals surface area contributed by atoms with Gasteiger partial charge in [-0.3, -0.25) is 4.79 Å². The number of aromatic amines is 1. The minimum Gasteiger partial charge on any atom is -0.348 e. The lowest BCUT2D eigenvalue weighted by molar-refractivity contribution is -0.130. The lowest BCUT2D eigenvalue weighted by Crippen LogP contribution is -2.45. The van der Waals surface area contributed by atoms with Crippen molar-refractivity contribution in [3.8, 4) is 0 Å². The summed E-state index contributed by atoms with van der Waals surface area (Å²) >= 11 is 0. The first-order valence-corrected chi connectivity index (χ1v) is 7.50. The lowest BCUT2D eigenvalue weighted by atomic mass is 10.2. The van der Waals surface area contributed by atoms with Crippen LogP contribution in [-0.4, -0.2) is 70.5 Å². The smallest absolute Gasteiger partial charge is 0.242 e. The van der Waals surface area contributed by atoms with E-state index >= 15 is 0 Å². The molecule has 118 valence electrons. The summed E-state index contributed by atoms with van der Waals surface area (Å²) in [5.74, 6) is 0.826. The molecule has 2 aromatic rings. The Kier molecular flexibility index (Phi) is 4.19. The zero-order valence-electron chi connectivity index (χ0n) is 12.9. The summed E-state index contributed by atoms with van der Waals surface area (Å²) in [6.07, 6.45) is 5.19. The first kappa shape index (κ1) is 14.7. The fraction of sp³-hybridized carbons (Fsp3) is 0.571. The zero-order chi connectivity index (χ0) is 15.5. The number of amides is 1. The van der Waals surface area contributed by atoms with Gasteiger partial charge in [-0.2, -0.15) is 0 Å². The summed E-state index contributed by atoms with van der Waals surface area (Å²) in [6, 6.07) is 0.295. The number of likely N-dealkylation sites (tertiary alicyclic amines) is 1. The molecule has 1 saturated heterocycles. The molecule has 0 bridgehead atoms. The molecule has 1 fully saturated rings. The van der Waals surface area contributed by atoms with Crippen LogP contribution < -0.4 is 10.2 Å². The largest absolute Gasteiger partial charge is 0.348 e. The minimum absolute atomic E-state index is 0.131. The van der Waals surface area contributed by atoms with E-state index in [0.29, 0.717) is 24.1 Å². The van der Waals surface area contributed by atoms with Gasteiger partial charge in [0, 0.05) is 26.2 Å². The van der Waals surface area contributed by atoms with Gasteiger partial charge in [-0.1, -0.05) is 0 Å². The standard InChI is InChI=1S/C14H21N7O/c1-15-6-10-4-3-5-21(10)11(22)7-20(2)14-12-13(17-8-16-12)18-9-19-14/h8-10,15H,3-7H2,1-2H3,(H,16,17,18,19). The molecule has 1 atom stereocenters. The van der Waals surface area contributed by atoms with Crippen LogP contribution in [0.3, 0.4) is 0 Å². The first-order valence-electron chi connectivity index (χ1n) is 7.50. The molecule has 1 unspecified atom stereocenters. The van der Waals surface area contributed by atoms with Crippen LogP contribution in [0.25, 0.3) is 11.2 Å². The second-order valence-corrected chi connectivity index (χ2v) is 5.60. The number of likely N-dealkylation sites (N-methyl/N-ethyl adjacent to an activating group) is 2.